The highest BCUT2D eigenvalue weighted by Gasteiger charge is 2.15. The lowest BCUT2D eigenvalue weighted by molar-refractivity contribution is 0.0528. The molecule has 2 aromatic heterocycles. The van der Waals surface area contributed by atoms with Gasteiger partial charge in [-0.3, -0.25) is 4.98 Å². The Bertz CT molecular complexity index is 617. The number of hydrogen-bond acceptors (Lipinski definition) is 4. The molecule has 0 fully saturated rings. The summed E-state index contributed by atoms with van der Waals surface area (Å²) in [6, 6.07) is 4.00. The summed E-state index contributed by atoms with van der Waals surface area (Å²) in [5.74, 6) is 0. The van der Waals surface area contributed by atoms with E-state index in [4.69, 9.17) is 4.74 Å². The first kappa shape index (κ1) is 17.0. The molecule has 2 aromatic rings. The largest absolute Gasteiger partial charge is 0.444 e. The summed E-state index contributed by atoms with van der Waals surface area (Å²) in [7, 11) is 0. The Morgan fingerprint density at radius 2 is 2.09 bits per heavy atom. The van der Waals surface area contributed by atoms with Crippen LogP contribution in [0.3, 0.4) is 0 Å². The molecule has 2 rings (SSSR count). The van der Waals surface area contributed by atoms with E-state index in [1.807, 2.05) is 45.6 Å². The molecule has 124 valence electrons. The number of carbonyl (C=O) groups excluding carboxylic acids is 1. The van der Waals surface area contributed by atoms with Gasteiger partial charge in [0.1, 0.15) is 5.60 Å². The summed E-state index contributed by atoms with van der Waals surface area (Å²) in [4.78, 5) is 19.9. The summed E-state index contributed by atoms with van der Waals surface area (Å²) in [5, 5.41) is 2.77. The number of carbonyl (C=O) groups is 1. The van der Waals surface area contributed by atoms with Crippen LogP contribution in [-0.2, 0) is 24.1 Å². The second kappa shape index (κ2) is 7.76. The van der Waals surface area contributed by atoms with Crippen LogP contribution in [0, 0.1) is 0 Å². The second-order valence-electron chi connectivity index (χ2n) is 6.37. The molecule has 0 unspecified atom stereocenters. The van der Waals surface area contributed by atoms with Gasteiger partial charge in [-0.2, -0.15) is 0 Å². The number of pyridine rings is 1. The lowest BCUT2D eigenvalue weighted by atomic mass is 10.2. The first-order valence-electron chi connectivity index (χ1n) is 7.79. The molecule has 0 atom stereocenters. The van der Waals surface area contributed by atoms with E-state index < -0.39 is 5.60 Å². The number of aryl methyl sites for hydroxylation is 2. The summed E-state index contributed by atoms with van der Waals surface area (Å²) in [6.45, 7) is 6.90. The highest BCUT2D eigenvalue weighted by molar-refractivity contribution is 5.67. The third-order valence-corrected chi connectivity index (χ3v) is 3.21. The number of hydrogen-bond donors (Lipinski definition) is 1. The fraction of sp³-hybridized carbons (Fsp3) is 0.471. The topological polar surface area (TPSA) is 69.0 Å². The number of ether oxygens (including phenoxy) is 1. The minimum Gasteiger partial charge on any atom is -0.444 e. The van der Waals surface area contributed by atoms with Crippen LogP contribution in [0.15, 0.2) is 37.1 Å². The van der Waals surface area contributed by atoms with Gasteiger partial charge in [0.25, 0.3) is 0 Å². The predicted octanol–water partition coefficient (Wildman–Crippen LogP) is 2.59. The van der Waals surface area contributed by atoms with Crippen molar-refractivity contribution in [3.05, 3.63) is 48.3 Å². The first-order valence-corrected chi connectivity index (χ1v) is 7.79. The molecule has 0 aliphatic rings. The fourth-order valence-corrected chi connectivity index (χ4v) is 2.16. The van der Waals surface area contributed by atoms with Crippen molar-refractivity contribution in [2.75, 3.05) is 6.54 Å². The molecule has 6 nitrogen and oxygen atoms in total. The number of imidazole rings is 1. The molecular weight excluding hydrogens is 292 g/mol. The van der Waals surface area contributed by atoms with Gasteiger partial charge in [0.15, 0.2) is 0 Å². The number of amides is 1. The molecule has 0 saturated carbocycles. The smallest absolute Gasteiger partial charge is 0.407 e. The minimum absolute atomic E-state index is 0.390. The highest BCUT2D eigenvalue weighted by atomic mass is 16.6. The maximum Gasteiger partial charge on any atom is 0.407 e. The predicted molar refractivity (Wildman–Crippen MR) is 88.1 cm³/mol. The van der Waals surface area contributed by atoms with Crippen molar-refractivity contribution in [1.82, 2.24) is 19.9 Å². The summed E-state index contributed by atoms with van der Waals surface area (Å²) in [5.41, 5.74) is 1.80. The molecule has 0 aromatic carbocycles. The summed E-state index contributed by atoms with van der Waals surface area (Å²) >= 11 is 0. The van der Waals surface area contributed by atoms with Crippen LogP contribution in [0.5, 0.6) is 0 Å². The van der Waals surface area contributed by atoms with E-state index in [1.54, 1.807) is 6.20 Å². The molecule has 6 heteroatoms. The Hall–Kier alpha value is -2.37. The van der Waals surface area contributed by atoms with Crippen LogP contribution in [-0.4, -0.2) is 32.8 Å². The molecule has 0 radical (unpaired) electrons. The van der Waals surface area contributed by atoms with E-state index in [2.05, 4.69) is 25.9 Å². The van der Waals surface area contributed by atoms with Gasteiger partial charge in [-0.05, 0) is 38.8 Å². The Balaban J connectivity index is 1.78. The van der Waals surface area contributed by atoms with Crippen molar-refractivity contribution in [2.24, 2.45) is 0 Å². The zero-order valence-corrected chi connectivity index (χ0v) is 14.0. The summed E-state index contributed by atoms with van der Waals surface area (Å²) < 4.78 is 7.31. The monoisotopic (exact) mass is 316 g/mol. The lowest BCUT2D eigenvalue weighted by Gasteiger charge is -2.19. The van der Waals surface area contributed by atoms with E-state index in [-0.39, 0.29) is 6.09 Å². The van der Waals surface area contributed by atoms with Crippen LogP contribution in [0.1, 0.15) is 32.0 Å². The van der Waals surface area contributed by atoms with Gasteiger partial charge < -0.3 is 14.6 Å². The summed E-state index contributed by atoms with van der Waals surface area (Å²) in [6.07, 6.45) is 8.52. The normalized spacial score (nSPS) is 11.3. The molecule has 0 bridgehead atoms. The minimum atomic E-state index is -0.477. The highest BCUT2D eigenvalue weighted by Crippen LogP contribution is 2.07. The molecule has 0 spiro atoms. The quantitative estimate of drug-likeness (QED) is 0.889. The average Bonchev–Trinajstić information content (AvgIpc) is 2.92. The zero-order valence-electron chi connectivity index (χ0n) is 14.0. The number of rotatable bonds is 6. The van der Waals surface area contributed by atoms with Crippen molar-refractivity contribution in [3.8, 4) is 0 Å². The average molecular weight is 316 g/mol. The zero-order chi connectivity index (χ0) is 16.7. The first-order chi connectivity index (χ1) is 10.9. The SMILES string of the molecule is CC(C)(C)OC(=O)NCCc1cncn1CCc1cccnc1. The maximum atomic E-state index is 11.6. The van der Waals surface area contributed by atoms with Crippen LogP contribution in [0.25, 0.3) is 0 Å². The van der Waals surface area contributed by atoms with E-state index in [1.165, 1.54) is 5.56 Å². The molecule has 0 aliphatic heterocycles. The lowest BCUT2D eigenvalue weighted by Crippen LogP contribution is -2.33. The fourth-order valence-electron chi connectivity index (χ4n) is 2.16. The van der Waals surface area contributed by atoms with Gasteiger partial charge in [-0.25, -0.2) is 9.78 Å². The van der Waals surface area contributed by atoms with Crippen molar-refractivity contribution in [1.29, 1.82) is 0 Å². The standard InChI is InChI=1S/C17H24N4O2/c1-17(2,3)23-16(22)20-9-6-15-12-19-13-21(15)10-7-14-5-4-8-18-11-14/h4-5,8,11-13H,6-7,9-10H2,1-3H3,(H,20,22). The number of alkyl carbamates (subject to hydrolysis) is 1. The van der Waals surface area contributed by atoms with E-state index in [9.17, 15) is 4.79 Å². The van der Waals surface area contributed by atoms with Crippen molar-refractivity contribution in [2.45, 2.75) is 45.8 Å². The van der Waals surface area contributed by atoms with Crippen molar-refractivity contribution < 1.29 is 9.53 Å². The van der Waals surface area contributed by atoms with Gasteiger partial charge in [0.05, 0.1) is 6.33 Å². The number of aromatic nitrogens is 3. The Morgan fingerprint density at radius 1 is 1.26 bits per heavy atom. The molecule has 2 heterocycles. The van der Waals surface area contributed by atoms with Gasteiger partial charge in [-0.15, -0.1) is 0 Å². The molecule has 23 heavy (non-hydrogen) atoms. The Labute approximate surface area is 136 Å². The van der Waals surface area contributed by atoms with Gasteiger partial charge in [0.2, 0.25) is 0 Å². The number of nitrogens with zero attached hydrogens (tertiary/aromatic N) is 3. The van der Waals surface area contributed by atoms with E-state index in [0.717, 1.165) is 18.7 Å². The Morgan fingerprint density at radius 3 is 2.78 bits per heavy atom. The van der Waals surface area contributed by atoms with Crippen LogP contribution >= 0.6 is 0 Å². The van der Waals surface area contributed by atoms with Gasteiger partial charge in [-0.1, -0.05) is 6.07 Å². The second-order valence-corrected chi connectivity index (χ2v) is 6.37. The van der Waals surface area contributed by atoms with Gasteiger partial charge >= 0.3 is 6.09 Å². The molecule has 0 aliphatic carbocycles. The van der Waals surface area contributed by atoms with E-state index in [0.29, 0.717) is 13.0 Å². The van der Waals surface area contributed by atoms with Crippen LogP contribution < -0.4 is 5.32 Å². The Kier molecular flexibility index (Phi) is 5.73. The molecular formula is C17H24N4O2. The molecule has 1 amide bonds. The number of nitrogens with one attached hydrogen (secondary N) is 1. The van der Waals surface area contributed by atoms with Crippen LogP contribution in [0.2, 0.25) is 0 Å². The molecule has 0 saturated heterocycles. The molecule has 1 N–H and O–H groups in total. The van der Waals surface area contributed by atoms with Crippen molar-refractivity contribution >= 4 is 6.09 Å². The third-order valence-electron chi connectivity index (χ3n) is 3.21. The van der Waals surface area contributed by atoms with Crippen LogP contribution in [0.4, 0.5) is 4.79 Å². The van der Waals surface area contributed by atoms with E-state index >= 15 is 0 Å². The van der Waals surface area contributed by atoms with Gasteiger partial charge in [0, 0.05) is 43.8 Å². The maximum absolute atomic E-state index is 11.6. The third kappa shape index (κ3) is 6.10. The van der Waals surface area contributed by atoms with Crippen molar-refractivity contribution in [3.63, 3.8) is 0 Å².